The molecule has 0 saturated heterocycles. The predicted molar refractivity (Wildman–Crippen MR) is 104 cm³/mol. The fourth-order valence-corrected chi connectivity index (χ4v) is 3.21. The summed E-state index contributed by atoms with van der Waals surface area (Å²) in [5, 5.41) is 2.87. The monoisotopic (exact) mass is 366 g/mol. The van der Waals surface area contributed by atoms with Gasteiger partial charge in [0, 0.05) is 24.9 Å². The average molecular weight is 366 g/mol. The second-order valence-corrected chi connectivity index (χ2v) is 6.21. The largest absolute Gasteiger partial charge is 0.493 e. The summed E-state index contributed by atoms with van der Waals surface area (Å²) >= 11 is 0. The summed E-state index contributed by atoms with van der Waals surface area (Å²) in [6, 6.07) is 12.6. The number of hydrogen-bond donors (Lipinski definition) is 1. The van der Waals surface area contributed by atoms with E-state index in [9.17, 15) is 9.59 Å². The van der Waals surface area contributed by atoms with Gasteiger partial charge in [0.05, 0.1) is 26.7 Å². The number of ether oxygens (including phenoxy) is 2. The number of benzene rings is 2. The van der Waals surface area contributed by atoms with Gasteiger partial charge in [0.1, 0.15) is 0 Å². The first-order valence-corrected chi connectivity index (χ1v) is 8.61. The van der Waals surface area contributed by atoms with E-state index in [-0.39, 0.29) is 24.3 Å². The summed E-state index contributed by atoms with van der Waals surface area (Å²) in [7, 11) is 3.10. The summed E-state index contributed by atoms with van der Waals surface area (Å²) in [5.41, 5.74) is 2.57. The fourth-order valence-electron chi connectivity index (χ4n) is 3.21. The van der Waals surface area contributed by atoms with Crippen molar-refractivity contribution in [2.24, 2.45) is 0 Å². The first-order chi connectivity index (χ1) is 13.0. The number of nitrogens with zero attached hydrogens (tertiary/aromatic N) is 1. The van der Waals surface area contributed by atoms with Crippen LogP contribution in [-0.2, 0) is 9.59 Å². The van der Waals surface area contributed by atoms with Gasteiger partial charge in [0.15, 0.2) is 11.5 Å². The minimum absolute atomic E-state index is 0.107. The second kappa shape index (κ2) is 7.95. The lowest BCUT2D eigenvalue weighted by Gasteiger charge is -2.32. The molecule has 0 saturated carbocycles. The number of amides is 2. The maximum absolute atomic E-state index is 12.7. The number of nitrogens with one attached hydrogen (secondary N) is 1. The van der Waals surface area contributed by atoms with E-state index in [0.29, 0.717) is 17.2 Å². The molecule has 0 fully saturated rings. The topological polar surface area (TPSA) is 67.9 Å². The van der Waals surface area contributed by atoms with E-state index in [1.807, 2.05) is 30.3 Å². The zero-order valence-corrected chi connectivity index (χ0v) is 15.6. The quantitative estimate of drug-likeness (QED) is 0.878. The van der Waals surface area contributed by atoms with Crippen LogP contribution in [0.25, 0.3) is 6.08 Å². The third kappa shape index (κ3) is 3.95. The molecule has 2 aromatic rings. The Kier molecular flexibility index (Phi) is 5.45. The van der Waals surface area contributed by atoms with Gasteiger partial charge in [0.25, 0.3) is 0 Å². The van der Waals surface area contributed by atoms with Crippen LogP contribution in [0.2, 0.25) is 0 Å². The van der Waals surface area contributed by atoms with Crippen molar-refractivity contribution in [2.75, 3.05) is 19.5 Å². The molecule has 3 rings (SSSR count). The molecule has 0 radical (unpaired) electrons. The van der Waals surface area contributed by atoms with Crippen LogP contribution < -0.4 is 14.8 Å². The first kappa shape index (κ1) is 18.5. The third-order valence-electron chi connectivity index (χ3n) is 4.52. The average Bonchev–Trinajstić information content (AvgIpc) is 2.67. The van der Waals surface area contributed by atoms with Crippen molar-refractivity contribution in [1.29, 1.82) is 0 Å². The molecular formula is C21H22N2O4. The molecule has 27 heavy (non-hydrogen) atoms. The first-order valence-electron chi connectivity index (χ1n) is 8.61. The van der Waals surface area contributed by atoms with Crippen molar-refractivity contribution >= 4 is 23.6 Å². The number of methoxy groups -OCH3 is 2. The van der Waals surface area contributed by atoms with Crippen LogP contribution >= 0.6 is 0 Å². The molecule has 0 bridgehead atoms. The molecule has 0 aromatic heterocycles. The Bertz CT molecular complexity index is 892. The molecule has 0 aliphatic carbocycles. The van der Waals surface area contributed by atoms with Gasteiger partial charge in [-0.2, -0.15) is 0 Å². The minimum atomic E-state index is -0.344. The van der Waals surface area contributed by atoms with Crippen LogP contribution in [0.15, 0.2) is 48.7 Å². The Hall–Kier alpha value is -3.28. The van der Waals surface area contributed by atoms with Crippen molar-refractivity contribution in [1.82, 2.24) is 4.90 Å². The van der Waals surface area contributed by atoms with Crippen molar-refractivity contribution < 1.29 is 19.1 Å². The molecule has 6 nitrogen and oxygen atoms in total. The van der Waals surface area contributed by atoms with Crippen LogP contribution in [0, 0.1) is 0 Å². The third-order valence-corrected chi connectivity index (χ3v) is 4.52. The lowest BCUT2D eigenvalue weighted by Crippen LogP contribution is -2.33. The fraction of sp³-hybridized carbons (Fsp3) is 0.238. The Morgan fingerprint density at radius 3 is 2.52 bits per heavy atom. The Labute approximate surface area is 158 Å². The van der Waals surface area contributed by atoms with Crippen LogP contribution in [-0.4, -0.2) is 30.9 Å². The molecule has 2 aromatic carbocycles. The number of anilines is 1. The molecule has 1 heterocycles. The van der Waals surface area contributed by atoms with Gasteiger partial charge in [-0.25, -0.2) is 0 Å². The number of hydrogen-bond acceptors (Lipinski definition) is 4. The maximum Gasteiger partial charge on any atom is 0.226 e. The molecule has 0 spiro atoms. The Morgan fingerprint density at radius 1 is 1.07 bits per heavy atom. The van der Waals surface area contributed by atoms with Crippen LogP contribution in [0.5, 0.6) is 11.5 Å². The smallest absolute Gasteiger partial charge is 0.226 e. The molecule has 1 atom stereocenters. The molecule has 1 aliphatic rings. The molecule has 6 heteroatoms. The summed E-state index contributed by atoms with van der Waals surface area (Å²) in [6.45, 7) is 1.50. The van der Waals surface area contributed by atoms with Crippen molar-refractivity contribution in [3.8, 4) is 11.5 Å². The van der Waals surface area contributed by atoms with Gasteiger partial charge in [-0.05, 0) is 29.3 Å². The van der Waals surface area contributed by atoms with Gasteiger partial charge in [-0.3, -0.25) is 9.59 Å². The van der Waals surface area contributed by atoms with E-state index in [1.54, 1.807) is 43.5 Å². The predicted octanol–water partition coefficient (Wildman–Crippen LogP) is 3.61. The summed E-state index contributed by atoms with van der Waals surface area (Å²) < 4.78 is 10.5. The van der Waals surface area contributed by atoms with E-state index < -0.39 is 0 Å². The maximum atomic E-state index is 12.7. The van der Waals surface area contributed by atoms with E-state index >= 15 is 0 Å². The zero-order chi connectivity index (χ0) is 19.4. The molecule has 1 N–H and O–H groups in total. The highest BCUT2D eigenvalue weighted by Gasteiger charge is 2.28. The van der Waals surface area contributed by atoms with E-state index in [0.717, 1.165) is 11.1 Å². The molecule has 1 aliphatic heterocycles. The number of fused-ring (bicyclic) bond motifs is 1. The lowest BCUT2D eigenvalue weighted by molar-refractivity contribution is -0.129. The summed E-state index contributed by atoms with van der Waals surface area (Å²) in [6.07, 6.45) is 3.77. The molecule has 2 amide bonds. The van der Waals surface area contributed by atoms with Gasteiger partial charge >= 0.3 is 0 Å². The number of rotatable bonds is 5. The Morgan fingerprint density at radius 2 is 1.81 bits per heavy atom. The lowest BCUT2D eigenvalue weighted by atomic mass is 9.93. The Balaban J connectivity index is 1.80. The molecule has 140 valence electrons. The normalized spacial score (nSPS) is 15.1. The van der Waals surface area contributed by atoms with Gasteiger partial charge in [-0.15, -0.1) is 0 Å². The van der Waals surface area contributed by atoms with E-state index in [4.69, 9.17) is 9.47 Å². The van der Waals surface area contributed by atoms with E-state index in [2.05, 4.69) is 5.32 Å². The molecule has 0 unspecified atom stereocenters. The van der Waals surface area contributed by atoms with Crippen molar-refractivity contribution in [3.63, 3.8) is 0 Å². The van der Waals surface area contributed by atoms with Crippen LogP contribution in [0.4, 0.5) is 5.69 Å². The highest BCUT2D eigenvalue weighted by atomic mass is 16.5. The van der Waals surface area contributed by atoms with E-state index in [1.165, 1.54) is 6.92 Å². The van der Waals surface area contributed by atoms with Crippen molar-refractivity contribution in [3.05, 3.63) is 59.8 Å². The zero-order valence-electron chi connectivity index (χ0n) is 15.6. The minimum Gasteiger partial charge on any atom is -0.493 e. The summed E-state index contributed by atoms with van der Waals surface area (Å²) in [4.78, 5) is 26.3. The second-order valence-electron chi connectivity index (χ2n) is 6.21. The van der Waals surface area contributed by atoms with Crippen molar-refractivity contribution in [2.45, 2.75) is 19.4 Å². The standard InChI is InChI=1S/C21H22N2O4/c1-14(24)23-11-10-15-6-4-5-7-17(15)18(23)13-21(25)22-16-8-9-19(26-2)20(12-16)27-3/h4-12,18H,13H2,1-3H3,(H,22,25)/t18-/m0/s1. The van der Waals surface area contributed by atoms with Gasteiger partial charge < -0.3 is 19.7 Å². The SMILES string of the molecule is COc1ccc(NC(=O)C[C@H]2c3ccccc3C=CN2C(C)=O)cc1OC. The number of carbonyl (C=O) groups is 2. The van der Waals surface area contributed by atoms with Crippen LogP contribution in [0.3, 0.4) is 0 Å². The highest BCUT2D eigenvalue weighted by molar-refractivity contribution is 5.92. The highest BCUT2D eigenvalue weighted by Crippen LogP contribution is 2.34. The van der Waals surface area contributed by atoms with Gasteiger partial charge in [0.2, 0.25) is 11.8 Å². The van der Waals surface area contributed by atoms with Gasteiger partial charge in [-0.1, -0.05) is 24.3 Å². The summed E-state index contributed by atoms with van der Waals surface area (Å²) in [5.74, 6) is 0.824. The number of carbonyl (C=O) groups excluding carboxylic acids is 2. The molecular weight excluding hydrogens is 344 g/mol. The van der Waals surface area contributed by atoms with Crippen LogP contribution in [0.1, 0.15) is 30.5 Å².